The van der Waals surface area contributed by atoms with E-state index in [1.165, 1.54) is 11.1 Å². The number of halogens is 1. The Morgan fingerprint density at radius 3 is 1.93 bits per heavy atom. The molecule has 1 saturated heterocycles. The second-order valence-electron chi connectivity index (χ2n) is 7.16. The minimum absolute atomic E-state index is 0.174. The summed E-state index contributed by atoms with van der Waals surface area (Å²) in [4.78, 5) is 17.8. The number of nitrogens with zero attached hydrogens (tertiary/aromatic N) is 2. The quantitative estimate of drug-likeness (QED) is 0.561. The van der Waals surface area contributed by atoms with Crippen LogP contribution in [-0.4, -0.2) is 28.8 Å². The molecule has 142 valence electrons. The molecule has 28 heavy (non-hydrogen) atoms. The largest absolute Gasteiger partial charge is 0.335 e. The third-order valence-electron chi connectivity index (χ3n) is 5.20. The van der Waals surface area contributed by atoms with E-state index in [2.05, 4.69) is 69.4 Å². The zero-order valence-electron chi connectivity index (χ0n) is 15.7. The molecule has 1 atom stereocenters. The molecule has 1 fully saturated rings. The van der Waals surface area contributed by atoms with E-state index >= 15 is 0 Å². The van der Waals surface area contributed by atoms with Crippen molar-refractivity contribution in [3.05, 3.63) is 106 Å². The average Bonchev–Trinajstić information content (AvgIpc) is 2.73. The van der Waals surface area contributed by atoms with E-state index in [0.717, 1.165) is 29.7 Å². The lowest BCUT2D eigenvalue weighted by Gasteiger charge is -2.41. The predicted molar refractivity (Wildman–Crippen MR) is 116 cm³/mol. The molecule has 1 aliphatic rings. The van der Waals surface area contributed by atoms with Crippen molar-refractivity contribution in [1.82, 2.24) is 9.80 Å². The van der Waals surface area contributed by atoms with Crippen LogP contribution in [0, 0.1) is 0 Å². The highest BCUT2D eigenvalue weighted by atomic mass is 79.9. The van der Waals surface area contributed by atoms with Gasteiger partial charge in [0.05, 0.1) is 0 Å². The molecule has 4 heteroatoms. The number of carbonyl (C=O) groups excluding carboxylic acids is 1. The monoisotopic (exact) mass is 434 g/mol. The molecule has 0 N–H and O–H groups in total. The van der Waals surface area contributed by atoms with Gasteiger partial charge in [0, 0.05) is 30.7 Å². The highest BCUT2D eigenvalue weighted by Crippen LogP contribution is 2.30. The summed E-state index contributed by atoms with van der Waals surface area (Å²) in [5.74, 6) is 0.174. The van der Waals surface area contributed by atoms with E-state index < -0.39 is 0 Å². The number of rotatable bonds is 5. The van der Waals surface area contributed by atoms with Crippen molar-refractivity contribution in [2.75, 3.05) is 13.1 Å². The van der Waals surface area contributed by atoms with Gasteiger partial charge in [0.2, 0.25) is 5.91 Å². The summed E-state index contributed by atoms with van der Waals surface area (Å²) in [5, 5.41) is 0. The Morgan fingerprint density at radius 1 is 0.750 bits per heavy atom. The minimum atomic E-state index is -0.259. The van der Waals surface area contributed by atoms with Gasteiger partial charge in [0.1, 0.15) is 6.04 Å². The fraction of sp³-hybridized carbons (Fsp3) is 0.208. The third kappa shape index (κ3) is 4.34. The molecule has 3 aromatic carbocycles. The van der Waals surface area contributed by atoms with Gasteiger partial charge in [-0.15, -0.1) is 0 Å². The van der Waals surface area contributed by atoms with Crippen LogP contribution in [0.25, 0.3) is 0 Å². The maximum Gasteiger partial charge on any atom is 0.244 e. The number of piperazine rings is 1. The van der Waals surface area contributed by atoms with Crippen LogP contribution in [-0.2, 0) is 17.9 Å². The molecule has 0 aromatic heterocycles. The number of hydrogen-bond acceptors (Lipinski definition) is 2. The van der Waals surface area contributed by atoms with Crippen molar-refractivity contribution < 1.29 is 4.79 Å². The number of benzene rings is 3. The molecule has 1 amide bonds. The fourth-order valence-corrected chi connectivity index (χ4v) is 4.03. The summed E-state index contributed by atoms with van der Waals surface area (Å²) >= 11 is 3.50. The van der Waals surface area contributed by atoms with E-state index in [9.17, 15) is 4.79 Å². The second-order valence-corrected chi connectivity index (χ2v) is 8.07. The summed E-state index contributed by atoms with van der Waals surface area (Å²) in [6.45, 7) is 3.03. The SMILES string of the molecule is O=C1[C@H](c2ccc(Br)cc2)N(Cc2ccccc2)CCN1Cc1ccccc1. The lowest BCUT2D eigenvalue weighted by molar-refractivity contribution is -0.143. The van der Waals surface area contributed by atoms with Crippen molar-refractivity contribution in [2.45, 2.75) is 19.1 Å². The Labute approximate surface area is 174 Å². The topological polar surface area (TPSA) is 23.6 Å². The fourth-order valence-electron chi connectivity index (χ4n) is 3.77. The van der Waals surface area contributed by atoms with Gasteiger partial charge in [-0.2, -0.15) is 0 Å². The zero-order chi connectivity index (χ0) is 19.3. The van der Waals surface area contributed by atoms with Crippen molar-refractivity contribution >= 4 is 21.8 Å². The smallest absolute Gasteiger partial charge is 0.244 e. The van der Waals surface area contributed by atoms with Crippen molar-refractivity contribution in [3.63, 3.8) is 0 Å². The zero-order valence-corrected chi connectivity index (χ0v) is 17.3. The molecule has 0 radical (unpaired) electrons. The summed E-state index contributed by atoms with van der Waals surface area (Å²) in [7, 11) is 0. The van der Waals surface area contributed by atoms with Crippen LogP contribution >= 0.6 is 15.9 Å². The van der Waals surface area contributed by atoms with Gasteiger partial charge in [-0.1, -0.05) is 88.7 Å². The molecule has 0 bridgehead atoms. The Morgan fingerprint density at radius 2 is 1.32 bits per heavy atom. The van der Waals surface area contributed by atoms with Gasteiger partial charge in [-0.3, -0.25) is 9.69 Å². The van der Waals surface area contributed by atoms with Gasteiger partial charge >= 0.3 is 0 Å². The van der Waals surface area contributed by atoms with E-state index in [1.807, 2.05) is 41.3 Å². The molecular weight excluding hydrogens is 412 g/mol. The van der Waals surface area contributed by atoms with Crippen LogP contribution in [0.1, 0.15) is 22.7 Å². The first-order valence-electron chi connectivity index (χ1n) is 9.57. The molecule has 1 heterocycles. The summed E-state index contributed by atoms with van der Waals surface area (Å²) in [6.07, 6.45) is 0. The van der Waals surface area contributed by atoms with Crippen LogP contribution in [0.5, 0.6) is 0 Å². The van der Waals surface area contributed by atoms with Gasteiger partial charge < -0.3 is 4.90 Å². The molecule has 0 spiro atoms. The first-order chi connectivity index (χ1) is 13.7. The molecule has 4 rings (SSSR count). The van der Waals surface area contributed by atoms with Gasteiger partial charge in [-0.05, 0) is 28.8 Å². The highest BCUT2D eigenvalue weighted by molar-refractivity contribution is 9.10. The molecule has 0 saturated carbocycles. The molecule has 1 aliphatic heterocycles. The standard InChI is InChI=1S/C24H23BrN2O/c25-22-13-11-21(12-14-22)23-24(28)27(18-20-9-5-2-6-10-20)16-15-26(23)17-19-7-3-1-4-8-19/h1-14,23H,15-18H2/t23-/m0/s1. The lowest BCUT2D eigenvalue weighted by Crippen LogP contribution is -2.51. The summed E-state index contributed by atoms with van der Waals surface area (Å²) in [6, 6.07) is 28.5. The normalized spacial score (nSPS) is 17.7. The average molecular weight is 435 g/mol. The number of hydrogen-bond donors (Lipinski definition) is 0. The Balaban J connectivity index is 1.60. The van der Waals surface area contributed by atoms with Crippen molar-refractivity contribution in [2.24, 2.45) is 0 Å². The number of amides is 1. The van der Waals surface area contributed by atoms with Crippen LogP contribution in [0.15, 0.2) is 89.4 Å². The first-order valence-corrected chi connectivity index (χ1v) is 10.4. The predicted octanol–water partition coefficient (Wildman–Crippen LogP) is 5.03. The maximum atomic E-state index is 13.5. The van der Waals surface area contributed by atoms with Crippen LogP contribution < -0.4 is 0 Å². The van der Waals surface area contributed by atoms with E-state index in [-0.39, 0.29) is 11.9 Å². The Hall–Kier alpha value is -2.43. The minimum Gasteiger partial charge on any atom is -0.335 e. The molecule has 3 aromatic rings. The Kier molecular flexibility index (Phi) is 5.89. The van der Waals surface area contributed by atoms with Crippen LogP contribution in [0.2, 0.25) is 0 Å². The summed E-state index contributed by atoms with van der Waals surface area (Å²) < 4.78 is 1.02. The van der Waals surface area contributed by atoms with E-state index in [1.54, 1.807) is 0 Å². The lowest BCUT2D eigenvalue weighted by atomic mass is 10.00. The van der Waals surface area contributed by atoms with Crippen molar-refractivity contribution in [1.29, 1.82) is 0 Å². The van der Waals surface area contributed by atoms with Crippen molar-refractivity contribution in [3.8, 4) is 0 Å². The molecule has 0 aliphatic carbocycles. The highest BCUT2D eigenvalue weighted by Gasteiger charge is 2.35. The maximum absolute atomic E-state index is 13.5. The molecular formula is C24H23BrN2O. The number of carbonyl (C=O) groups is 1. The van der Waals surface area contributed by atoms with Crippen LogP contribution in [0.4, 0.5) is 0 Å². The second kappa shape index (κ2) is 8.72. The summed E-state index contributed by atoms with van der Waals surface area (Å²) in [5.41, 5.74) is 3.44. The first kappa shape index (κ1) is 18.9. The molecule has 0 unspecified atom stereocenters. The van der Waals surface area contributed by atoms with Gasteiger partial charge in [-0.25, -0.2) is 0 Å². The van der Waals surface area contributed by atoms with E-state index in [4.69, 9.17) is 0 Å². The van der Waals surface area contributed by atoms with E-state index in [0.29, 0.717) is 6.54 Å². The Bertz CT molecular complexity index is 912. The third-order valence-corrected chi connectivity index (χ3v) is 5.73. The van der Waals surface area contributed by atoms with Crippen LogP contribution in [0.3, 0.4) is 0 Å². The van der Waals surface area contributed by atoms with Gasteiger partial charge in [0.15, 0.2) is 0 Å². The van der Waals surface area contributed by atoms with Gasteiger partial charge in [0.25, 0.3) is 0 Å². The molecule has 3 nitrogen and oxygen atoms in total.